The lowest BCUT2D eigenvalue weighted by Crippen LogP contribution is -1.97. The topological polar surface area (TPSA) is 9.23 Å². The molecule has 0 fully saturated rings. The molecule has 4 rings (SSSR count). The summed E-state index contributed by atoms with van der Waals surface area (Å²) in [5, 5.41) is 2.38. The second-order valence-electron chi connectivity index (χ2n) is 5.90. The molecule has 1 aliphatic rings. The van der Waals surface area contributed by atoms with Crippen LogP contribution in [0.3, 0.4) is 0 Å². The van der Waals surface area contributed by atoms with E-state index in [1.807, 2.05) is 0 Å². The minimum Gasteiger partial charge on any atom is -0.496 e. The van der Waals surface area contributed by atoms with E-state index < -0.39 is 0 Å². The maximum Gasteiger partial charge on any atom is 0.126 e. The molecule has 0 unspecified atom stereocenters. The van der Waals surface area contributed by atoms with Gasteiger partial charge >= 0.3 is 0 Å². The Morgan fingerprint density at radius 1 is 0.750 bits per heavy atom. The Kier molecular flexibility index (Phi) is 3.92. The summed E-state index contributed by atoms with van der Waals surface area (Å²) in [4.78, 5) is 0. The number of rotatable bonds is 3. The van der Waals surface area contributed by atoms with Crippen molar-refractivity contribution in [2.24, 2.45) is 0 Å². The summed E-state index contributed by atoms with van der Waals surface area (Å²) in [6.45, 7) is 0. The Morgan fingerprint density at radius 2 is 1.50 bits per heavy atom. The molecule has 0 spiro atoms. The van der Waals surface area contributed by atoms with Crippen molar-refractivity contribution in [3.8, 4) is 5.75 Å². The minimum atomic E-state index is 0.919. The van der Waals surface area contributed by atoms with Crippen LogP contribution in [0.25, 0.3) is 21.9 Å². The normalized spacial score (nSPS) is 14.2. The molecule has 0 aromatic heterocycles. The number of hydrogen-bond acceptors (Lipinski definition) is 1. The molecule has 24 heavy (non-hydrogen) atoms. The van der Waals surface area contributed by atoms with E-state index in [0.717, 1.165) is 17.6 Å². The first-order valence-corrected chi connectivity index (χ1v) is 8.24. The Morgan fingerprint density at radius 3 is 2.29 bits per heavy atom. The van der Waals surface area contributed by atoms with E-state index in [2.05, 4.69) is 85.3 Å². The van der Waals surface area contributed by atoms with Crippen LogP contribution >= 0.6 is 0 Å². The molecule has 117 valence electrons. The van der Waals surface area contributed by atoms with Gasteiger partial charge in [0.15, 0.2) is 0 Å². The molecule has 3 aromatic rings. The van der Waals surface area contributed by atoms with Crippen LogP contribution in [0.4, 0.5) is 0 Å². The van der Waals surface area contributed by atoms with Gasteiger partial charge in [-0.25, -0.2) is 0 Å². The Hall–Kier alpha value is -2.80. The highest BCUT2D eigenvalue weighted by atomic mass is 16.5. The number of fused-ring (bicyclic) bond motifs is 1. The lowest BCUT2D eigenvalue weighted by molar-refractivity contribution is 0.420. The molecule has 1 heteroatoms. The van der Waals surface area contributed by atoms with Crippen molar-refractivity contribution < 1.29 is 4.74 Å². The molecule has 0 aliphatic heterocycles. The predicted octanol–water partition coefficient (Wildman–Crippen LogP) is 5.92. The van der Waals surface area contributed by atoms with Gasteiger partial charge in [-0.3, -0.25) is 0 Å². The average Bonchev–Trinajstić information content (AvgIpc) is 2.68. The molecule has 0 amide bonds. The molecule has 0 bridgehead atoms. The fourth-order valence-electron chi connectivity index (χ4n) is 3.38. The number of allylic oxidation sites excluding steroid dienone is 4. The van der Waals surface area contributed by atoms with Crippen LogP contribution in [0.5, 0.6) is 5.75 Å². The average molecular weight is 311 g/mol. The highest BCUT2D eigenvalue weighted by Crippen LogP contribution is 2.39. The number of benzene rings is 3. The van der Waals surface area contributed by atoms with E-state index in [9.17, 15) is 0 Å². The third-order valence-electron chi connectivity index (χ3n) is 4.51. The van der Waals surface area contributed by atoms with Crippen molar-refractivity contribution in [1.82, 2.24) is 0 Å². The van der Waals surface area contributed by atoms with Gasteiger partial charge in [0, 0.05) is 5.39 Å². The van der Waals surface area contributed by atoms with Crippen LogP contribution in [-0.2, 0) is 0 Å². The summed E-state index contributed by atoms with van der Waals surface area (Å²) < 4.78 is 5.54. The van der Waals surface area contributed by atoms with Crippen molar-refractivity contribution in [2.75, 3.05) is 7.11 Å². The zero-order chi connectivity index (χ0) is 16.4. The van der Waals surface area contributed by atoms with E-state index >= 15 is 0 Å². The summed E-state index contributed by atoms with van der Waals surface area (Å²) in [6, 6.07) is 23.3. The van der Waals surface area contributed by atoms with E-state index in [1.54, 1.807) is 7.11 Å². The van der Waals surface area contributed by atoms with Crippen molar-refractivity contribution in [3.63, 3.8) is 0 Å². The molecule has 1 nitrogen and oxygen atoms in total. The maximum atomic E-state index is 5.54. The van der Waals surface area contributed by atoms with Crippen LogP contribution in [-0.4, -0.2) is 7.11 Å². The van der Waals surface area contributed by atoms with E-state index in [1.165, 1.54) is 27.7 Å². The lowest BCUT2D eigenvalue weighted by atomic mass is 9.86. The lowest BCUT2D eigenvalue weighted by Gasteiger charge is -2.19. The van der Waals surface area contributed by atoms with Gasteiger partial charge in [-0.15, -0.1) is 0 Å². The Balaban J connectivity index is 1.99. The van der Waals surface area contributed by atoms with Gasteiger partial charge in [-0.2, -0.15) is 0 Å². The van der Waals surface area contributed by atoms with Crippen LogP contribution < -0.4 is 4.74 Å². The van der Waals surface area contributed by atoms with Gasteiger partial charge in [0.2, 0.25) is 0 Å². The van der Waals surface area contributed by atoms with Crippen LogP contribution in [0.2, 0.25) is 0 Å². The second kappa shape index (κ2) is 6.37. The highest BCUT2D eigenvalue weighted by Gasteiger charge is 2.16. The molecular formula is C23H19O. The smallest absolute Gasteiger partial charge is 0.126 e. The fourth-order valence-corrected chi connectivity index (χ4v) is 3.38. The summed E-state index contributed by atoms with van der Waals surface area (Å²) in [5.41, 5.74) is 5.08. The molecule has 0 saturated heterocycles. The summed E-state index contributed by atoms with van der Waals surface area (Å²) in [5.74, 6) is 0.919. The molecule has 3 aromatic carbocycles. The SMILES string of the molecule is COc1ccc(C2=C(c3ccccc3)C=CC[CH]2)c2ccccc12. The van der Waals surface area contributed by atoms with Crippen molar-refractivity contribution in [3.05, 3.63) is 96.4 Å². The quantitative estimate of drug-likeness (QED) is 0.583. The zero-order valence-electron chi connectivity index (χ0n) is 13.7. The van der Waals surface area contributed by atoms with E-state index in [0.29, 0.717) is 0 Å². The number of methoxy groups -OCH3 is 1. The van der Waals surface area contributed by atoms with Crippen LogP contribution in [0, 0.1) is 6.42 Å². The monoisotopic (exact) mass is 311 g/mol. The van der Waals surface area contributed by atoms with E-state index in [-0.39, 0.29) is 0 Å². The van der Waals surface area contributed by atoms with Crippen LogP contribution in [0.1, 0.15) is 17.5 Å². The molecule has 0 N–H and O–H groups in total. The standard InChI is InChI=1S/C23H19O/c1-24-23-16-15-21(20-13-7-8-14-22(20)23)19-12-6-5-11-18(19)17-9-3-2-4-10-17/h2-5,7-16H,6H2,1H3. The third-order valence-corrected chi connectivity index (χ3v) is 4.51. The summed E-state index contributed by atoms with van der Waals surface area (Å²) in [7, 11) is 1.73. The largest absolute Gasteiger partial charge is 0.496 e. The maximum absolute atomic E-state index is 5.54. The van der Waals surface area contributed by atoms with Gasteiger partial charge in [-0.1, -0.05) is 72.8 Å². The molecule has 0 atom stereocenters. The van der Waals surface area contributed by atoms with Gasteiger partial charge in [0.05, 0.1) is 7.11 Å². The Bertz CT molecular complexity index is 933. The number of ether oxygens (including phenoxy) is 1. The molecule has 0 saturated carbocycles. The van der Waals surface area contributed by atoms with Crippen molar-refractivity contribution in [1.29, 1.82) is 0 Å². The van der Waals surface area contributed by atoms with Gasteiger partial charge < -0.3 is 4.74 Å². The first-order chi connectivity index (χ1) is 11.9. The molecular weight excluding hydrogens is 292 g/mol. The fraction of sp³-hybridized carbons (Fsp3) is 0.0870. The van der Waals surface area contributed by atoms with E-state index in [4.69, 9.17) is 4.74 Å². The molecule has 0 heterocycles. The van der Waals surface area contributed by atoms with Gasteiger partial charge in [-0.05, 0) is 46.6 Å². The highest BCUT2D eigenvalue weighted by molar-refractivity contribution is 6.07. The molecule has 1 radical (unpaired) electrons. The predicted molar refractivity (Wildman–Crippen MR) is 102 cm³/mol. The van der Waals surface area contributed by atoms with Crippen molar-refractivity contribution >= 4 is 21.9 Å². The first-order valence-electron chi connectivity index (χ1n) is 8.24. The Labute approximate surface area is 142 Å². The van der Waals surface area contributed by atoms with Crippen LogP contribution in [0.15, 0.2) is 78.9 Å². The first kappa shape index (κ1) is 14.8. The number of hydrogen-bond donors (Lipinski definition) is 0. The van der Waals surface area contributed by atoms with Crippen molar-refractivity contribution in [2.45, 2.75) is 6.42 Å². The minimum absolute atomic E-state index is 0.919. The second-order valence-corrected chi connectivity index (χ2v) is 5.90. The third kappa shape index (κ3) is 2.52. The summed E-state index contributed by atoms with van der Waals surface area (Å²) >= 11 is 0. The van der Waals surface area contributed by atoms with Gasteiger partial charge in [0.25, 0.3) is 0 Å². The zero-order valence-corrected chi connectivity index (χ0v) is 13.7. The van der Waals surface area contributed by atoms with Gasteiger partial charge in [0.1, 0.15) is 5.75 Å². The summed E-state index contributed by atoms with van der Waals surface area (Å²) in [6.07, 6.45) is 7.74. The molecule has 1 aliphatic carbocycles.